The number of ketones is 1. The molecule has 0 saturated carbocycles. The van der Waals surface area contributed by atoms with Crippen molar-refractivity contribution >= 4 is 17.4 Å². The van der Waals surface area contributed by atoms with Crippen LogP contribution in [0, 0.1) is 10.1 Å². The van der Waals surface area contributed by atoms with Crippen LogP contribution in [-0.4, -0.2) is 23.2 Å². The highest BCUT2D eigenvalue weighted by atomic mass is 16.6. The fourth-order valence-electron chi connectivity index (χ4n) is 2.48. The Morgan fingerprint density at radius 3 is 2.25 bits per heavy atom. The quantitative estimate of drug-likeness (QED) is 0.480. The zero-order chi connectivity index (χ0) is 17.5. The standard InChI is InChI=1S/C18H18N2O4/c1-13(21)19-17-9-7-14(8-10-17)16(12-20(23)24)11-18(22)15-5-3-2-4-6-15/h2-10,16H,11-12H2,1H3,(H,19,21). The van der Waals surface area contributed by atoms with E-state index >= 15 is 0 Å². The second-order valence-corrected chi connectivity index (χ2v) is 5.51. The van der Waals surface area contributed by atoms with Gasteiger partial charge in [-0.3, -0.25) is 19.7 Å². The Kier molecular flexibility index (Phi) is 5.78. The molecule has 0 aromatic heterocycles. The molecule has 0 aliphatic heterocycles. The molecule has 1 N–H and O–H groups in total. The third-order valence-corrected chi connectivity index (χ3v) is 3.60. The van der Waals surface area contributed by atoms with E-state index < -0.39 is 10.8 Å². The minimum atomic E-state index is -0.515. The Morgan fingerprint density at radius 2 is 1.71 bits per heavy atom. The molecule has 0 fully saturated rings. The van der Waals surface area contributed by atoms with Crippen molar-refractivity contribution in [1.82, 2.24) is 0 Å². The summed E-state index contributed by atoms with van der Waals surface area (Å²) in [6, 6.07) is 15.5. The lowest BCUT2D eigenvalue weighted by Gasteiger charge is -2.13. The molecule has 0 bridgehead atoms. The Balaban J connectivity index is 2.17. The van der Waals surface area contributed by atoms with E-state index in [1.54, 1.807) is 48.5 Å². The highest BCUT2D eigenvalue weighted by Crippen LogP contribution is 2.24. The van der Waals surface area contributed by atoms with Gasteiger partial charge in [0.1, 0.15) is 0 Å². The van der Waals surface area contributed by atoms with Crippen LogP contribution in [0.25, 0.3) is 0 Å². The van der Waals surface area contributed by atoms with Gasteiger partial charge in [-0.1, -0.05) is 42.5 Å². The third-order valence-electron chi connectivity index (χ3n) is 3.60. The molecule has 2 aromatic carbocycles. The number of Topliss-reactive ketones (excluding diaryl/α,β-unsaturated/α-hetero) is 1. The number of carbonyl (C=O) groups excluding carboxylic acids is 2. The third kappa shape index (κ3) is 5.01. The average Bonchev–Trinajstić information content (AvgIpc) is 2.55. The second kappa shape index (κ2) is 8.01. The van der Waals surface area contributed by atoms with Crippen LogP contribution in [0.3, 0.4) is 0 Å². The monoisotopic (exact) mass is 326 g/mol. The van der Waals surface area contributed by atoms with Gasteiger partial charge in [0, 0.05) is 29.5 Å². The van der Waals surface area contributed by atoms with Crippen LogP contribution >= 0.6 is 0 Å². The number of rotatable bonds is 7. The number of carbonyl (C=O) groups is 2. The maximum atomic E-state index is 12.3. The van der Waals surface area contributed by atoms with E-state index in [2.05, 4.69) is 5.32 Å². The van der Waals surface area contributed by atoms with E-state index in [1.165, 1.54) is 6.92 Å². The topological polar surface area (TPSA) is 89.3 Å². The van der Waals surface area contributed by atoms with Gasteiger partial charge < -0.3 is 5.32 Å². The maximum absolute atomic E-state index is 12.3. The fourth-order valence-corrected chi connectivity index (χ4v) is 2.48. The van der Waals surface area contributed by atoms with Crippen molar-refractivity contribution in [3.05, 3.63) is 75.8 Å². The molecule has 124 valence electrons. The zero-order valence-electron chi connectivity index (χ0n) is 13.3. The van der Waals surface area contributed by atoms with E-state index in [1.807, 2.05) is 6.07 Å². The lowest BCUT2D eigenvalue weighted by Crippen LogP contribution is -2.17. The largest absolute Gasteiger partial charge is 0.326 e. The first-order valence-corrected chi connectivity index (χ1v) is 7.53. The molecule has 6 heteroatoms. The van der Waals surface area contributed by atoms with Gasteiger partial charge in [-0.05, 0) is 17.7 Å². The van der Waals surface area contributed by atoms with Crippen LogP contribution < -0.4 is 5.32 Å². The second-order valence-electron chi connectivity index (χ2n) is 5.51. The van der Waals surface area contributed by atoms with E-state index in [9.17, 15) is 19.7 Å². The van der Waals surface area contributed by atoms with Gasteiger partial charge >= 0.3 is 0 Å². The number of hydrogen-bond donors (Lipinski definition) is 1. The molecule has 0 aliphatic carbocycles. The van der Waals surface area contributed by atoms with Crippen LogP contribution in [0.5, 0.6) is 0 Å². The summed E-state index contributed by atoms with van der Waals surface area (Å²) < 4.78 is 0. The Hall–Kier alpha value is -3.02. The summed E-state index contributed by atoms with van der Waals surface area (Å²) in [4.78, 5) is 33.9. The van der Waals surface area contributed by atoms with E-state index in [4.69, 9.17) is 0 Å². The van der Waals surface area contributed by atoms with Crippen LogP contribution in [-0.2, 0) is 4.79 Å². The Labute approximate surface area is 139 Å². The normalized spacial score (nSPS) is 11.5. The van der Waals surface area contributed by atoms with Gasteiger partial charge in [0.15, 0.2) is 5.78 Å². The van der Waals surface area contributed by atoms with Crippen molar-refractivity contribution in [2.24, 2.45) is 0 Å². The number of nitrogens with one attached hydrogen (secondary N) is 1. The summed E-state index contributed by atoms with van der Waals surface area (Å²) >= 11 is 0. The Morgan fingerprint density at radius 1 is 1.08 bits per heavy atom. The number of nitrogens with zero attached hydrogens (tertiary/aromatic N) is 1. The molecule has 1 atom stereocenters. The lowest BCUT2D eigenvalue weighted by atomic mass is 9.91. The van der Waals surface area contributed by atoms with Crippen molar-refractivity contribution in [1.29, 1.82) is 0 Å². The van der Waals surface area contributed by atoms with Gasteiger partial charge in [0.2, 0.25) is 12.5 Å². The van der Waals surface area contributed by atoms with Crippen molar-refractivity contribution < 1.29 is 14.5 Å². The Bertz CT molecular complexity index is 726. The number of benzene rings is 2. The molecule has 2 rings (SSSR count). The number of nitro groups is 1. The van der Waals surface area contributed by atoms with Crippen LogP contribution in [0.1, 0.15) is 35.2 Å². The summed E-state index contributed by atoms with van der Waals surface area (Å²) in [5.74, 6) is -0.837. The van der Waals surface area contributed by atoms with Gasteiger partial charge in [-0.2, -0.15) is 0 Å². The van der Waals surface area contributed by atoms with Crippen molar-refractivity contribution in [3.63, 3.8) is 0 Å². The molecule has 2 aromatic rings. The number of hydrogen-bond acceptors (Lipinski definition) is 4. The summed E-state index contributed by atoms with van der Waals surface area (Å²) in [6.07, 6.45) is 0.0600. The number of anilines is 1. The van der Waals surface area contributed by atoms with Gasteiger partial charge in [-0.25, -0.2) is 0 Å². The van der Waals surface area contributed by atoms with Crippen LogP contribution in [0.2, 0.25) is 0 Å². The molecule has 1 unspecified atom stereocenters. The summed E-state index contributed by atoms with van der Waals surface area (Å²) in [5, 5.41) is 13.6. The van der Waals surface area contributed by atoms with Crippen molar-refractivity contribution in [2.75, 3.05) is 11.9 Å². The van der Waals surface area contributed by atoms with Crippen LogP contribution in [0.15, 0.2) is 54.6 Å². The average molecular weight is 326 g/mol. The van der Waals surface area contributed by atoms with Crippen LogP contribution in [0.4, 0.5) is 5.69 Å². The molecular weight excluding hydrogens is 308 g/mol. The highest BCUT2D eigenvalue weighted by Gasteiger charge is 2.22. The van der Waals surface area contributed by atoms with Gasteiger partial charge in [0.25, 0.3) is 0 Å². The summed E-state index contributed by atoms with van der Waals surface area (Å²) in [7, 11) is 0. The smallest absolute Gasteiger partial charge is 0.221 e. The van der Waals surface area contributed by atoms with Gasteiger partial charge in [-0.15, -0.1) is 0 Å². The molecule has 0 spiro atoms. The molecule has 0 aliphatic rings. The highest BCUT2D eigenvalue weighted by molar-refractivity contribution is 5.96. The van der Waals surface area contributed by atoms with Crippen molar-refractivity contribution in [2.45, 2.75) is 19.3 Å². The lowest BCUT2D eigenvalue weighted by molar-refractivity contribution is -0.483. The first kappa shape index (κ1) is 17.3. The zero-order valence-corrected chi connectivity index (χ0v) is 13.3. The first-order chi connectivity index (χ1) is 11.5. The van der Waals surface area contributed by atoms with E-state index in [-0.39, 0.29) is 24.7 Å². The molecule has 0 radical (unpaired) electrons. The molecular formula is C18H18N2O4. The van der Waals surface area contributed by atoms with Crippen molar-refractivity contribution in [3.8, 4) is 0 Å². The van der Waals surface area contributed by atoms with E-state index in [0.29, 0.717) is 16.8 Å². The fraction of sp³-hybridized carbons (Fsp3) is 0.222. The molecule has 0 heterocycles. The molecule has 1 amide bonds. The predicted octanol–water partition coefficient (Wildman–Crippen LogP) is 3.28. The SMILES string of the molecule is CC(=O)Nc1ccc(C(CC(=O)c2ccccc2)C[N+](=O)[O-])cc1. The minimum absolute atomic E-state index is 0.0600. The first-order valence-electron chi connectivity index (χ1n) is 7.53. The molecule has 6 nitrogen and oxygen atoms in total. The predicted molar refractivity (Wildman–Crippen MR) is 90.7 cm³/mol. The molecule has 24 heavy (non-hydrogen) atoms. The van der Waals surface area contributed by atoms with Gasteiger partial charge in [0.05, 0.1) is 5.92 Å². The summed E-state index contributed by atoms with van der Waals surface area (Å²) in [6.45, 7) is 1.08. The maximum Gasteiger partial charge on any atom is 0.221 e. The van der Waals surface area contributed by atoms with E-state index in [0.717, 1.165) is 0 Å². The summed E-state index contributed by atoms with van der Waals surface area (Å²) in [5.41, 5.74) is 1.85. The molecule has 0 saturated heterocycles. The number of amides is 1. The minimum Gasteiger partial charge on any atom is -0.326 e.